The Morgan fingerprint density at radius 3 is 2.54 bits per heavy atom. The Balaban J connectivity index is 2.35. The molecule has 0 saturated heterocycles. The van der Waals surface area contributed by atoms with Crippen LogP contribution >= 0.6 is 15.9 Å². The highest BCUT2D eigenvalue weighted by Gasteiger charge is 2.10. The normalized spacial score (nSPS) is 10.2. The number of carbonyl (C=O) groups excluding carboxylic acids is 4. The largest absolute Gasteiger partial charge is 0.466 e. The van der Waals surface area contributed by atoms with E-state index >= 15 is 0 Å². The summed E-state index contributed by atoms with van der Waals surface area (Å²) < 4.78 is 14.9. The molecule has 0 bridgehead atoms. The maximum atomic E-state index is 11.7. The van der Waals surface area contributed by atoms with Crippen LogP contribution in [-0.4, -0.2) is 37.9 Å². The molecule has 1 aromatic rings. The average Bonchev–Trinajstić information content (AvgIpc) is 2.58. The number of methoxy groups -OCH3 is 1. The Morgan fingerprint density at radius 2 is 1.88 bits per heavy atom. The summed E-state index contributed by atoms with van der Waals surface area (Å²) in [7, 11) is 1.19. The molecule has 0 aliphatic heterocycles. The van der Waals surface area contributed by atoms with Gasteiger partial charge in [0.25, 0.3) is 0 Å². The average molecular weight is 399 g/mol. The van der Waals surface area contributed by atoms with Crippen LogP contribution in [0.4, 0.5) is 0 Å². The number of esters is 3. The molecule has 0 aliphatic carbocycles. The molecule has 0 unspecified atom stereocenters. The predicted octanol–water partition coefficient (Wildman–Crippen LogP) is 2.22. The summed E-state index contributed by atoms with van der Waals surface area (Å²) in [5, 5.41) is 0. The van der Waals surface area contributed by atoms with Crippen LogP contribution in [0.5, 0.6) is 5.75 Å². The maximum absolute atomic E-state index is 11.7. The third-order valence-electron chi connectivity index (χ3n) is 2.65. The quantitative estimate of drug-likeness (QED) is 0.217. The highest BCUT2D eigenvalue weighted by atomic mass is 79.9. The molecule has 0 N–H and O–H groups in total. The molecule has 0 radical (unpaired) electrons. The summed E-state index contributed by atoms with van der Waals surface area (Å²) in [5.74, 6) is -1.78. The van der Waals surface area contributed by atoms with E-state index in [4.69, 9.17) is 9.47 Å². The third kappa shape index (κ3) is 7.19. The molecule has 0 heterocycles. The summed E-state index contributed by atoms with van der Waals surface area (Å²) in [4.78, 5) is 44.6. The van der Waals surface area contributed by atoms with Crippen LogP contribution in [0.25, 0.3) is 0 Å². The highest BCUT2D eigenvalue weighted by molar-refractivity contribution is 9.10. The molecule has 1 rings (SSSR count). The van der Waals surface area contributed by atoms with Gasteiger partial charge in [-0.1, -0.05) is 15.9 Å². The lowest BCUT2D eigenvalue weighted by molar-refractivity contribution is -0.140. The summed E-state index contributed by atoms with van der Waals surface area (Å²) in [6, 6.07) is 4.68. The van der Waals surface area contributed by atoms with Crippen LogP contribution in [0.1, 0.15) is 23.2 Å². The summed E-state index contributed by atoms with van der Waals surface area (Å²) in [6.07, 6.45) is 2.70. The van der Waals surface area contributed by atoms with Crippen molar-refractivity contribution in [1.29, 1.82) is 0 Å². The van der Waals surface area contributed by atoms with Crippen LogP contribution in [0.15, 0.2) is 34.8 Å². The molecule has 7 nitrogen and oxygen atoms in total. The van der Waals surface area contributed by atoms with Crippen molar-refractivity contribution in [2.24, 2.45) is 0 Å². The monoisotopic (exact) mass is 398 g/mol. The van der Waals surface area contributed by atoms with E-state index in [2.05, 4.69) is 20.7 Å². The molecule has 0 spiro atoms. The fourth-order valence-corrected chi connectivity index (χ4v) is 1.90. The number of hydrogen-bond donors (Lipinski definition) is 0. The molecule has 0 amide bonds. The second-order valence-electron chi connectivity index (χ2n) is 4.40. The van der Waals surface area contributed by atoms with Crippen molar-refractivity contribution in [2.75, 3.05) is 13.7 Å². The number of aldehydes is 1. The lowest BCUT2D eigenvalue weighted by Crippen LogP contribution is -2.11. The van der Waals surface area contributed by atoms with Crippen molar-refractivity contribution in [3.05, 3.63) is 40.4 Å². The first-order valence-corrected chi connectivity index (χ1v) is 7.63. The Bertz CT molecular complexity index is 652. The minimum atomic E-state index is -0.718. The number of ether oxygens (including phenoxy) is 3. The van der Waals surface area contributed by atoms with Gasteiger partial charge in [0.1, 0.15) is 5.75 Å². The van der Waals surface area contributed by atoms with Crippen molar-refractivity contribution in [1.82, 2.24) is 0 Å². The van der Waals surface area contributed by atoms with Crippen LogP contribution < -0.4 is 4.74 Å². The fourth-order valence-electron chi connectivity index (χ4n) is 1.52. The minimum Gasteiger partial charge on any atom is -0.466 e. The van der Waals surface area contributed by atoms with Gasteiger partial charge < -0.3 is 14.2 Å². The Hall–Kier alpha value is -2.48. The van der Waals surface area contributed by atoms with E-state index in [1.165, 1.54) is 19.2 Å². The predicted molar refractivity (Wildman–Crippen MR) is 86.5 cm³/mol. The second kappa shape index (κ2) is 10.3. The number of benzene rings is 1. The summed E-state index contributed by atoms with van der Waals surface area (Å²) in [5.41, 5.74) is 0.247. The summed E-state index contributed by atoms with van der Waals surface area (Å²) >= 11 is 3.21. The van der Waals surface area contributed by atoms with Gasteiger partial charge in [-0.3, -0.25) is 9.59 Å². The first-order chi connectivity index (χ1) is 11.5. The van der Waals surface area contributed by atoms with Gasteiger partial charge in [0.15, 0.2) is 6.29 Å². The molecular weight excluding hydrogens is 384 g/mol. The Labute approximate surface area is 146 Å². The van der Waals surface area contributed by atoms with Crippen molar-refractivity contribution < 1.29 is 33.4 Å². The van der Waals surface area contributed by atoms with Crippen LogP contribution in [0, 0.1) is 0 Å². The number of halogens is 1. The van der Waals surface area contributed by atoms with E-state index in [1.807, 2.05) is 0 Å². The van der Waals surface area contributed by atoms with Gasteiger partial charge in [-0.2, -0.15) is 0 Å². The molecule has 0 fully saturated rings. The summed E-state index contributed by atoms with van der Waals surface area (Å²) in [6.45, 7) is -0.0136. The molecule has 24 heavy (non-hydrogen) atoms. The molecule has 0 atom stereocenters. The first kappa shape index (κ1) is 19.6. The van der Waals surface area contributed by atoms with Crippen molar-refractivity contribution >= 4 is 40.1 Å². The standard InChI is InChI=1S/C16H15BrO7/c1-22-14(19)6-7-15(20)23-8-2-3-16(21)24-13-5-4-12(17)9-11(13)10-18/h4-7,9-10H,2-3,8H2,1H3. The first-order valence-electron chi connectivity index (χ1n) is 6.84. The molecule has 128 valence electrons. The van der Waals surface area contributed by atoms with E-state index in [0.717, 1.165) is 12.2 Å². The lowest BCUT2D eigenvalue weighted by Gasteiger charge is -2.07. The zero-order chi connectivity index (χ0) is 17.9. The maximum Gasteiger partial charge on any atom is 0.331 e. The van der Waals surface area contributed by atoms with Gasteiger partial charge in [0.2, 0.25) is 0 Å². The zero-order valence-electron chi connectivity index (χ0n) is 12.8. The number of carbonyl (C=O) groups is 4. The Morgan fingerprint density at radius 1 is 1.17 bits per heavy atom. The van der Waals surface area contributed by atoms with Gasteiger partial charge in [0.05, 0.1) is 19.3 Å². The lowest BCUT2D eigenvalue weighted by atomic mass is 10.2. The molecule has 0 aromatic heterocycles. The van der Waals surface area contributed by atoms with Gasteiger partial charge in [0, 0.05) is 23.0 Å². The van der Waals surface area contributed by atoms with E-state index in [9.17, 15) is 19.2 Å². The van der Waals surface area contributed by atoms with Gasteiger partial charge in [-0.05, 0) is 24.6 Å². The molecule has 0 aliphatic rings. The second-order valence-corrected chi connectivity index (χ2v) is 5.32. The molecule has 8 heteroatoms. The Kier molecular flexibility index (Phi) is 8.42. The highest BCUT2D eigenvalue weighted by Crippen LogP contribution is 2.22. The topological polar surface area (TPSA) is 96.0 Å². The SMILES string of the molecule is COC(=O)C=CC(=O)OCCCC(=O)Oc1ccc(Br)cc1C=O. The molecular formula is C16H15BrO7. The zero-order valence-corrected chi connectivity index (χ0v) is 14.4. The van der Waals surface area contributed by atoms with Gasteiger partial charge in [-0.15, -0.1) is 0 Å². The van der Waals surface area contributed by atoms with E-state index in [1.54, 1.807) is 6.07 Å². The van der Waals surface area contributed by atoms with E-state index in [0.29, 0.717) is 10.8 Å². The minimum absolute atomic E-state index is 0.00234. The molecule has 1 aromatic carbocycles. The van der Waals surface area contributed by atoms with E-state index in [-0.39, 0.29) is 30.8 Å². The fraction of sp³-hybridized carbons (Fsp3) is 0.250. The van der Waals surface area contributed by atoms with Crippen LogP contribution in [0.2, 0.25) is 0 Å². The van der Waals surface area contributed by atoms with E-state index < -0.39 is 17.9 Å². The number of rotatable bonds is 8. The van der Waals surface area contributed by atoms with Crippen molar-refractivity contribution in [3.8, 4) is 5.75 Å². The van der Waals surface area contributed by atoms with Crippen LogP contribution in [-0.2, 0) is 23.9 Å². The smallest absolute Gasteiger partial charge is 0.331 e. The van der Waals surface area contributed by atoms with Crippen molar-refractivity contribution in [2.45, 2.75) is 12.8 Å². The van der Waals surface area contributed by atoms with Gasteiger partial charge >= 0.3 is 17.9 Å². The van der Waals surface area contributed by atoms with Crippen LogP contribution in [0.3, 0.4) is 0 Å². The van der Waals surface area contributed by atoms with Gasteiger partial charge in [-0.25, -0.2) is 9.59 Å². The molecule has 0 saturated carbocycles. The third-order valence-corrected chi connectivity index (χ3v) is 3.14. The number of hydrogen-bond acceptors (Lipinski definition) is 7. The van der Waals surface area contributed by atoms with Crippen molar-refractivity contribution in [3.63, 3.8) is 0 Å².